The van der Waals surface area contributed by atoms with Crippen LogP contribution >= 0.6 is 0 Å². The zero-order valence-electron chi connectivity index (χ0n) is 13.5. The summed E-state index contributed by atoms with van der Waals surface area (Å²) >= 11 is 0. The fourth-order valence-corrected chi connectivity index (χ4v) is 3.80. The SMILES string of the molecule is CC(Cc1cc(S(=O)(=O)O)c2c(O)cccc2c1)c1ccc(O)cc1. The fourth-order valence-electron chi connectivity index (χ4n) is 3.02. The molecule has 3 rings (SSSR count). The minimum atomic E-state index is -4.47. The summed E-state index contributed by atoms with van der Waals surface area (Å²) in [5, 5.41) is 20.0. The molecule has 5 nitrogen and oxygen atoms in total. The maximum atomic E-state index is 11.8. The Labute approximate surface area is 145 Å². The van der Waals surface area contributed by atoms with Crippen molar-refractivity contribution in [3.05, 3.63) is 65.7 Å². The van der Waals surface area contributed by atoms with Crippen LogP contribution in [0.25, 0.3) is 10.8 Å². The quantitative estimate of drug-likeness (QED) is 0.616. The van der Waals surface area contributed by atoms with Crippen LogP contribution in [0.1, 0.15) is 24.0 Å². The molecule has 0 aliphatic heterocycles. The zero-order valence-corrected chi connectivity index (χ0v) is 14.4. The lowest BCUT2D eigenvalue weighted by Crippen LogP contribution is -2.03. The van der Waals surface area contributed by atoms with Gasteiger partial charge in [-0.2, -0.15) is 8.42 Å². The Morgan fingerprint density at radius 1 is 1.00 bits per heavy atom. The summed E-state index contributed by atoms with van der Waals surface area (Å²) in [6.07, 6.45) is 0.541. The van der Waals surface area contributed by atoms with Gasteiger partial charge in [0.25, 0.3) is 10.1 Å². The lowest BCUT2D eigenvalue weighted by Gasteiger charge is -2.14. The van der Waals surface area contributed by atoms with Gasteiger partial charge in [-0.1, -0.05) is 37.3 Å². The van der Waals surface area contributed by atoms with Gasteiger partial charge in [-0.15, -0.1) is 0 Å². The summed E-state index contributed by atoms with van der Waals surface area (Å²) in [5.41, 5.74) is 1.73. The van der Waals surface area contributed by atoms with Gasteiger partial charge in [-0.25, -0.2) is 0 Å². The van der Waals surface area contributed by atoms with E-state index in [-0.39, 0.29) is 27.7 Å². The molecule has 0 aliphatic rings. The van der Waals surface area contributed by atoms with Crippen molar-refractivity contribution >= 4 is 20.9 Å². The Bertz CT molecular complexity index is 1020. The second-order valence-electron chi connectivity index (χ2n) is 6.14. The van der Waals surface area contributed by atoms with Gasteiger partial charge in [0.05, 0.1) is 0 Å². The van der Waals surface area contributed by atoms with Gasteiger partial charge in [0, 0.05) is 5.39 Å². The summed E-state index contributed by atoms with van der Waals surface area (Å²) in [4.78, 5) is -0.295. The first-order valence-electron chi connectivity index (χ1n) is 7.77. The molecule has 0 heterocycles. The highest BCUT2D eigenvalue weighted by atomic mass is 32.2. The maximum Gasteiger partial charge on any atom is 0.295 e. The first kappa shape index (κ1) is 17.3. The van der Waals surface area contributed by atoms with Gasteiger partial charge in [-0.05, 0) is 53.1 Å². The number of phenolic OH excluding ortho intramolecular Hbond substituents is 2. The molecule has 130 valence electrons. The minimum Gasteiger partial charge on any atom is -0.508 e. The van der Waals surface area contributed by atoms with Crippen molar-refractivity contribution in [3.8, 4) is 11.5 Å². The maximum absolute atomic E-state index is 11.8. The molecule has 3 N–H and O–H groups in total. The van der Waals surface area contributed by atoms with Crippen LogP contribution in [0.5, 0.6) is 11.5 Å². The van der Waals surface area contributed by atoms with Crippen LogP contribution in [0, 0.1) is 0 Å². The standard InChI is InChI=1S/C19H18O5S/c1-12(14-5-7-16(20)8-6-14)9-13-10-15-3-2-4-17(21)19(15)18(11-13)25(22,23)24/h2-8,10-12,20-21H,9H2,1H3,(H,22,23,24). The number of rotatable bonds is 4. The van der Waals surface area contributed by atoms with E-state index < -0.39 is 10.1 Å². The molecule has 0 saturated carbocycles. The van der Waals surface area contributed by atoms with Crippen LogP contribution in [-0.2, 0) is 16.5 Å². The highest BCUT2D eigenvalue weighted by Gasteiger charge is 2.19. The van der Waals surface area contributed by atoms with Crippen molar-refractivity contribution < 1.29 is 23.2 Å². The van der Waals surface area contributed by atoms with Gasteiger partial charge in [0.1, 0.15) is 16.4 Å². The van der Waals surface area contributed by atoms with Crippen LogP contribution in [0.15, 0.2) is 59.5 Å². The normalized spacial score (nSPS) is 13.0. The van der Waals surface area contributed by atoms with Crippen LogP contribution in [-0.4, -0.2) is 23.2 Å². The van der Waals surface area contributed by atoms with Crippen LogP contribution < -0.4 is 0 Å². The third-order valence-electron chi connectivity index (χ3n) is 4.26. The lowest BCUT2D eigenvalue weighted by molar-refractivity contribution is 0.473. The summed E-state index contributed by atoms with van der Waals surface area (Å²) in [6.45, 7) is 1.99. The summed E-state index contributed by atoms with van der Waals surface area (Å²) in [6, 6.07) is 14.7. The third-order valence-corrected chi connectivity index (χ3v) is 5.14. The molecule has 6 heteroatoms. The fraction of sp³-hybridized carbons (Fsp3) is 0.158. The monoisotopic (exact) mass is 358 g/mol. The van der Waals surface area contributed by atoms with Gasteiger partial charge >= 0.3 is 0 Å². The molecular formula is C19H18O5S. The number of aromatic hydroxyl groups is 2. The van der Waals surface area contributed by atoms with E-state index in [0.29, 0.717) is 11.8 Å². The predicted octanol–water partition coefficient (Wildman–Crippen LogP) is 3.84. The highest BCUT2D eigenvalue weighted by molar-refractivity contribution is 7.86. The van der Waals surface area contributed by atoms with E-state index in [1.54, 1.807) is 30.3 Å². The molecule has 25 heavy (non-hydrogen) atoms. The Hall–Kier alpha value is -2.57. The molecule has 0 spiro atoms. The molecule has 3 aromatic carbocycles. The van der Waals surface area contributed by atoms with E-state index in [9.17, 15) is 23.2 Å². The predicted molar refractivity (Wildman–Crippen MR) is 95.7 cm³/mol. The van der Waals surface area contributed by atoms with Gasteiger partial charge in [0.2, 0.25) is 0 Å². The Balaban J connectivity index is 2.07. The molecular weight excluding hydrogens is 340 g/mol. The average molecular weight is 358 g/mol. The molecule has 0 saturated heterocycles. The zero-order chi connectivity index (χ0) is 18.2. The smallest absolute Gasteiger partial charge is 0.295 e. The van der Waals surface area contributed by atoms with Crippen LogP contribution in [0.4, 0.5) is 0 Å². The second kappa shape index (κ2) is 6.38. The van der Waals surface area contributed by atoms with E-state index in [2.05, 4.69) is 0 Å². The Kier molecular flexibility index (Phi) is 4.41. The summed E-state index contributed by atoms with van der Waals surface area (Å²) < 4.78 is 33.1. The Morgan fingerprint density at radius 3 is 2.32 bits per heavy atom. The molecule has 1 unspecified atom stereocenters. The minimum absolute atomic E-state index is 0.0737. The molecule has 0 aliphatic carbocycles. The van der Waals surface area contributed by atoms with E-state index in [1.165, 1.54) is 12.1 Å². The van der Waals surface area contributed by atoms with E-state index >= 15 is 0 Å². The van der Waals surface area contributed by atoms with Gasteiger partial charge in [0.15, 0.2) is 0 Å². The largest absolute Gasteiger partial charge is 0.508 e. The van der Waals surface area contributed by atoms with Crippen molar-refractivity contribution in [2.45, 2.75) is 24.2 Å². The molecule has 0 amide bonds. The van der Waals surface area contributed by atoms with E-state index in [0.717, 1.165) is 11.1 Å². The van der Waals surface area contributed by atoms with Crippen LogP contribution in [0.2, 0.25) is 0 Å². The van der Waals surface area contributed by atoms with E-state index in [1.807, 2.05) is 19.1 Å². The molecule has 3 aromatic rings. The van der Waals surface area contributed by atoms with Crippen LogP contribution in [0.3, 0.4) is 0 Å². The van der Waals surface area contributed by atoms with Crippen molar-refractivity contribution in [3.63, 3.8) is 0 Å². The lowest BCUT2D eigenvalue weighted by atomic mass is 9.92. The summed E-state index contributed by atoms with van der Waals surface area (Å²) in [5.74, 6) is 0.0682. The number of hydrogen-bond donors (Lipinski definition) is 3. The van der Waals surface area contributed by atoms with Gasteiger partial charge < -0.3 is 10.2 Å². The highest BCUT2D eigenvalue weighted by Crippen LogP contribution is 2.33. The molecule has 0 fully saturated rings. The number of phenols is 2. The van der Waals surface area contributed by atoms with Crippen molar-refractivity contribution in [1.29, 1.82) is 0 Å². The Morgan fingerprint density at radius 2 is 1.68 bits per heavy atom. The first-order valence-corrected chi connectivity index (χ1v) is 9.21. The number of benzene rings is 3. The third kappa shape index (κ3) is 3.60. The van der Waals surface area contributed by atoms with Gasteiger partial charge in [-0.3, -0.25) is 4.55 Å². The molecule has 0 radical (unpaired) electrons. The van der Waals surface area contributed by atoms with Crippen molar-refractivity contribution in [2.24, 2.45) is 0 Å². The average Bonchev–Trinajstić information content (AvgIpc) is 2.54. The molecule has 0 bridgehead atoms. The topological polar surface area (TPSA) is 94.8 Å². The second-order valence-corrected chi connectivity index (χ2v) is 7.53. The first-order chi connectivity index (χ1) is 11.8. The number of fused-ring (bicyclic) bond motifs is 1. The molecule has 1 atom stereocenters. The van der Waals surface area contributed by atoms with Crippen molar-refractivity contribution in [2.75, 3.05) is 0 Å². The summed E-state index contributed by atoms with van der Waals surface area (Å²) in [7, 11) is -4.47. The molecule has 0 aromatic heterocycles. The van der Waals surface area contributed by atoms with Crippen molar-refractivity contribution in [1.82, 2.24) is 0 Å². The number of hydrogen-bond acceptors (Lipinski definition) is 4. The van der Waals surface area contributed by atoms with E-state index in [4.69, 9.17) is 0 Å².